The van der Waals surface area contributed by atoms with Crippen LogP contribution < -0.4 is 0 Å². The van der Waals surface area contributed by atoms with Crippen molar-refractivity contribution in [1.82, 2.24) is 0 Å². The molecule has 0 spiro atoms. The van der Waals surface area contributed by atoms with Gasteiger partial charge < -0.3 is 24.6 Å². The molecular weight excluding hydrogens is 200 g/mol. The van der Waals surface area contributed by atoms with Crippen LogP contribution >= 0.6 is 0 Å². The molecule has 2 nitrogen and oxygen atoms in total. The Bertz CT molecular complexity index is 36.7. The van der Waals surface area contributed by atoms with Gasteiger partial charge in [0.25, 0.3) is 0 Å². The first-order valence-electron chi connectivity index (χ1n) is 4.03. The predicted octanol–water partition coefficient (Wildman–Crippen LogP) is 2.45. The van der Waals surface area contributed by atoms with Gasteiger partial charge in [-0.05, 0) is 27.7 Å². The third-order valence-corrected chi connectivity index (χ3v) is 0. The van der Waals surface area contributed by atoms with Gasteiger partial charge in [0.05, 0.1) is 0 Å². The van der Waals surface area contributed by atoms with Gasteiger partial charge in [-0.1, -0.05) is 6.92 Å². The second-order valence-electron chi connectivity index (χ2n) is 2.69. The number of aliphatic hydroxyl groups excluding tert-OH is 2. The SMILES string of the molecule is CC(C)O.CC(C)O.[CH2-]CC.[CH3-].[Ti+2]. The van der Waals surface area contributed by atoms with Gasteiger partial charge in [-0.3, -0.25) is 0 Å². The van der Waals surface area contributed by atoms with Crippen molar-refractivity contribution in [3.05, 3.63) is 14.4 Å². The maximum Gasteiger partial charge on any atom is 2.00 e. The number of hydrogen-bond donors (Lipinski definition) is 2. The summed E-state index contributed by atoms with van der Waals surface area (Å²) in [6, 6.07) is 0. The third kappa shape index (κ3) is 3550. The fourth-order valence-electron chi connectivity index (χ4n) is 0. The van der Waals surface area contributed by atoms with Gasteiger partial charge in [0.1, 0.15) is 0 Å². The Morgan fingerprint density at radius 1 is 1.00 bits per heavy atom. The topological polar surface area (TPSA) is 40.5 Å². The van der Waals surface area contributed by atoms with E-state index in [2.05, 4.69) is 6.92 Å². The molecule has 0 rings (SSSR count). The molecule has 0 aliphatic heterocycles. The zero-order valence-electron chi connectivity index (χ0n) is 9.96. The van der Waals surface area contributed by atoms with Crippen molar-refractivity contribution in [3.63, 3.8) is 0 Å². The summed E-state index contributed by atoms with van der Waals surface area (Å²) in [4.78, 5) is 0. The zero-order valence-corrected chi connectivity index (χ0v) is 11.5. The van der Waals surface area contributed by atoms with E-state index in [4.69, 9.17) is 10.2 Å². The smallest absolute Gasteiger partial charge is 0.394 e. The Hall–Kier alpha value is 0.634. The Morgan fingerprint density at radius 3 is 1.00 bits per heavy atom. The molecule has 0 atom stereocenters. The van der Waals surface area contributed by atoms with E-state index < -0.39 is 0 Å². The second-order valence-corrected chi connectivity index (χ2v) is 2.69. The predicted molar refractivity (Wildman–Crippen MR) is 56.8 cm³/mol. The van der Waals surface area contributed by atoms with Crippen molar-refractivity contribution >= 4 is 0 Å². The van der Waals surface area contributed by atoms with E-state index >= 15 is 0 Å². The van der Waals surface area contributed by atoms with E-state index in [1.807, 2.05) is 6.92 Å². The standard InChI is InChI=1S/2C3H8O.C3H7.CH3.Ti/c2*1-3(2)4;1-3-2;;/h2*3-4H,1-2H3;1,3H2,2H3;1H3;/q;;2*-1;+2. The molecule has 0 fully saturated rings. The molecule has 0 saturated carbocycles. The van der Waals surface area contributed by atoms with Crippen LogP contribution in [0.2, 0.25) is 0 Å². The van der Waals surface area contributed by atoms with Crippen LogP contribution in [0.25, 0.3) is 0 Å². The van der Waals surface area contributed by atoms with Crippen molar-refractivity contribution in [2.45, 2.75) is 53.2 Å². The van der Waals surface area contributed by atoms with Crippen LogP contribution in [0.4, 0.5) is 0 Å². The summed E-state index contributed by atoms with van der Waals surface area (Å²) in [5.41, 5.74) is 0. The molecule has 2 N–H and O–H groups in total. The van der Waals surface area contributed by atoms with E-state index in [9.17, 15) is 0 Å². The van der Waals surface area contributed by atoms with E-state index in [1.54, 1.807) is 27.7 Å². The maximum atomic E-state index is 8.06. The molecule has 82 valence electrons. The van der Waals surface area contributed by atoms with Crippen LogP contribution in [0, 0.1) is 14.4 Å². The normalized spacial score (nSPS) is 6.92. The molecule has 0 aromatic heterocycles. The van der Waals surface area contributed by atoms with Crippen molar-refractivity contribution in [1.29, 1.82) is 0 Å². The molecule has 0 radical (unpaired) electrons. The van der Waals surface area contributed by atoms with Crippen LogP contribution in [0.3, 0.4) is 0 Å². The number of hydrogen-bond acceptors (Lipinski definition) is 2. The molecule has 0 saturated heterocycles. The molecule has 3 heteroatoms. The summed E-state index contributed by atoms with van der Waals surface area (Å²) in [6.07, 6.45) is 0.667. The molecule has 0 amide bonds. The van der Waals surface area contributed by atoms with Crippen molar-refractivity contribution < 1.29 is 31.9 Å². The average molecular weight is 226 g/mol. The molecule has 0 unspecified atom stereocenters. The first kappa shape index (κ1) is 29.2. The van der Waals surface area contributed by atoms with Gasteiger partial charge >= 0.3 is 21.7 Å². The minimum absolute atomic E-state index is 0. The fourth-order valence-corrected chi connectivity index (χ4v) is 0. The second kappa shape index (κ2) is 29.3. The third-order valence-electron chi connectivity index (χ3n) is 0. The van der Waals surface area contributed by atoms with Crippen LogP contribution in [-0.2, 0) is 21.7 Å². The Balaban J connectivity index is -0.0000000231. The van der Waals surface area contributed by atoms with Crippen molar-refractivity contribution in [3.8, 4) is 0 Å². The first-order valence-corrected chi connectivity index (χ1v) is 4.03. The number of rotatable bonds is 0. The molecule has 0 bridgehead atoms. The van der Waals surface area contributed by atoms with E-state index in [1.165, 1.54) is 0 Å². The Kier molecular flexibility index (Phi) is 65.9. The van der Waals surface area contributed by atoms with Gasteiger partial charge in [0.2, 0.25) is 0 Å². The summed E-state index contributed by atoms with van der Waals surface area (Å²) < 4.78 is 0. The minimum atomic E-state index is -0.167. The first-order chi connectivity index (χ1) is 4.88. The largest absolute Gasteiger partial charge is 2.00 e. The van der Waals surface area contributed by atoms with Crippen LogP contribution in [0.1, 0.15) is 41.0 Å². The molecular formula is C10H26O2Ti. The van der Waals surface area contributed by atoms with Crippen molar-refractivity contribution in [2.75, 3.05) is 0 Å². The van der Waals surface area contributed by atoms with Gasteiger partial charge in [-0.15, -0.1) is 0 Å². The van der Waals surface area contributed by atoms with E-state index in [0.29, 0.717) is 0 Å². The Morgan fingerprint density at radius 2 is 1.00 bits per heavy atom. The molecule has 0 aromatic rings. The molecule has 0 aliphatic rings. The molecule has 0 aromatic carbocycles. The Labute approximate surface area is 99.6 Å². The van der Waals surface area contributed by atoms with Gasteiger partial charge in [0.15, 0.2) is 0 Å². The summed E-state index contributed by atoms with van der Waals surface area (Å²) in [6.45, 7) is 12.4. The maximum absolute atomic E-state index is 8.06. The molecule has 13 heavy (non-hydrogen) atoms. The summed E-state index contributed by atoms with van der Waals surface area (Å²) in [5, 5.41) is 16.1. The summed E-state index contributed by atoms with van der Waals surface area (Å²) in [5.74, 6) is 0. The van der Waals surface area contributed by atoms with Gasteiger partial charge in [-0.2, -0.15) is 6.42 Å². The fraction of sp³-hybridized carbons (Fsp3) is 0.800. The van der Waals surface area contributed by atoms with E-state index in [0.717, 1.165) is 6.42 Å². The molecule has 0 heterocycles. The number of aliphatic hydroxyl groups is 2. The minimum Gasteiger partial charge on any atom is -0.394 e. The van der Waals surface area contributed by atoms with Gasteiger partial charge in [-0.25, -0.2) is 0 Å². The molecule has 0 aliphatic carbocycles. The van der Waals surface area contributed by atoms with Gasteiger partial charge in [0, 0.05) is 12.2 Å². The summed E-state index contributed by atoms with van der Waals surface area (Å²) >= 11 is 0. The van der Waals surface area contributed by atoms with Crippen molar-refractivity contribution in [2.24, 2.45) is 0 Å². The monoisotopic (exact) mass is 226 g/mol. The van der Waals surface area contributed by atoms with Crippen LogP contribution in [0.15, 0.2) is 0 Å². The zero-order chi connectivity index (χ0) is 9.86. The van der Waals surface area contributed by atoms with E-state index in [-0.39, 0.29) is 41.4 Å². The van der Waals surface area contributed by atoms with Crippen LogP contribution in [0.5, 0.6) is 0 Å². The quantitative estimate of drug-likeness (QED) is 0.492. The average Bonchev–Trinajstić information content (AvgIpc) is 1.60. The van der Waals surface area contributed by atoms with Crippen LogP contribution in [-0.4, -0.2) is 22.4 Å². The summed E-state index contributed by atoms with van der Waals surface area (Å²) in [7, 11) is 0.